The van der Waals surface area contributed by atoms with Crippen molar-refractivity contribution >= 4 is 17.6 Å². The summed E-state index contributed by atoms with van der Waals surface area (Å²) in [6.07, 6.45) is 0. The summed E-state index contributed by atoms with van der Waals surface area (Å²) in [5, 5.41) is 10.7. The molecule has 0 unspecified atom stereocenters. The van der Waals surface area contributed by atoms with Crippen LogP contribution in [-0.2, 0) is 7.05 Å². The summed E-state index contributed by atoms with van der Waals surface area (Å²) in [5.74, 6) is -0.114. The Kier molecular flexibility index (Phi) is 3.94. The van der Waals surface area contributed by atoms with Gasteiger partial charge in [-0.2, -0.15) is 4.98 Å². The number of nitrogen functional groups attached to an aromatic ring is 1. The summed E-state index contributed by atoms with van der Waals surface area (Å²) in [5.41, 5.74) is 6.00. The lowest BCUT2D eigenvalue weighted by Gasteiger charge is -2.12. The summed E-state index contributed by atoms with van der Waals surface area (Å²) in [4.78, 5) is 30.6. The van der Waals surface area contributed by atoms with Crippen LogP contribution in [0.15, 0.2) is 25.8 Å². The third-order valence-corrected chi connectivity index (χ3v) is 3.75. The smallest absolute Gasteiger partial charge is 0.339 e. The van der Waals surface area contributed by atoms with Crippen molar-refractivity contribution in [2.45, 2.75) is 24.0 Å². The van der Waals surface area contributed by atoms with Crippen LogP contribution in [0.5, 0.6) is 0 Å². The first-order valence-electron chi connectivity index (χ1n) is 5.97. The molecule has 9 heteroatoms. The molecule has 2 rings (SSSR count). The number of H-pyrrole nitrogens is 1. The minimum absolute atomic E-state index is 0.114. The first-order chi connectivity index (χ1) is 9.79. The molecule has 2 aromatic rings. The van der Waals surface area contributed by atoms with Gasteiger partial charge in [0, 0.05) is 12.7 Å². The maximum Gasteiger partial charge on any atom is 0.339 e. The van der Waals surface area contributed by atoms with Gasteiger partial charge in [0.1, 0.15) is 10.9 Å². The maximum absolute atomic E-state index is 11.4. The average Bonchev–Trinajstić information content (AvgIpc) is 2.34. The summed E-state index contributed by atoms with van der Waals surface area (Å²) < 4.78 is 1.33. The van der Waals surface area contributed by atoms with Gasteiger partial charge < -0.3 is 5.73 Å². The van der Waals surface area contributed by atoms with Crippen molar-refractivity contribution < 1.29 is 0 Å². The van der Waals surface area contributed by atoms with Gasteiger partial charge in [-0.1, -0.05) is 0 Å². The predicted octanol–water partition coefficient (Wildman–Crippen LogP) is -0.0843. The van der Waals surface area contributed by atoms with Crippen LogP contribution >= 0.6 is 11.8 Å². The zero-order chi connectivity index (χ0) is 15.7. The van der Waals surface area contributed by atoms with Crippen LogP contribution in [0.25, 0.3) is 0 Å². The second-order valence-electron chi connectivity index (χ2n) is 4.48. The van der Waals surface area contributed by atoms with Crippen LogP contribution in [0.1, 0.15) is 16.8 Å². The van der Waals surface area contributed by atoms with E-state index in [0.29, 0.717) is 10.6 Å². The summed E-state index contributed by atoms with van der Waals surface area (Å²) in [7, 11) is 1.56. The van der Waals surface area contributed by atoms with Gasteiger partial charge in [-0.05, 0) is 37.2 Å². The number of amidine groups is 1. The zero-order valence-corrected chi connectivity index (χ0v) is 12.5. The van der Waals surface area contributed by atoms with Crippen molar-refractivity contribution in [1.29, 1.82) is 5.41 Å². The molecule has 21 heavy (non-hydrogen) atoms. The molecule has 0 aliphatic carbocycles. The molecule has 4 N–H and O–H groups in total. The van der Waals surface area contributed by atoms with E-state index in [-0.39, 0.29) is 11.0 Å². The summed E-state index contributed by atoms with van der Waals surface area (Å²) in [6.45, 7) is 3.65. The van der Waals surface area contributed by atoms with Gasteiger partial charge in [0.05, 0.1) is 5.56 Å². The fourth-order valence-corrected chi connectivity index (χ4v) is 2.89. The zero-order valence-electron chi connectivity index (χ0n) is 11.7. The largest absolute Gasteiger partial charge is 0.384 e. The lowest BCUT2D eigenvalue weighted by Crippen LogP contribution is -2.33. The Balaban J connectivity index is 2.59. The Morgan fingerprint density at radius 3 is 2.67 bits per heavy atom. The molecule has 0 bridgehead atoms. The number of hydrogen-bond acceptors (Lipinski definition) is 6. The number of aryl methyl sites for hydroxylation is 3. The van der Waals surface area contributed by atoms with E-state index in [2.05, 4.69) is 15.1 Å². The Morgan fingerprint density at radius 2 is 2.05 bits per heavy atom. The van der Waals surface area contributed by atoms with Crippen molar-refractivity contribution in [3.63, 3.8) is 0 Å². The highest BCUT2D eigenvalue weighted by Crippen LogP contribution is 2.28. The van der Waals surface area contributed by atoms with Crippen molar-refractivity contribution in [3.05, 3.63) is 43.6 Å². The molecule has 0 atom stereocenters. The minimum Gasteiger partial charge on any atom is -0.384 e. The molecule has 2 aromatic heterocycles. The van der Waals surface area contributed by atoms with Gasteiger partial charge in [-0.25, -0.2) is 4.98 Å². The standard InChI is InChI=1S/C12H14N6O2S/c1-5-4-6(2)15-11(7(5)8(13)14)21-12-16-9(19)10(20)17-18(12)3/h4H,1-3H3,(H3,13,14)(H,17,20). The molecule has 0 aliphatic rings. The summed E-state index contributed by atoms with van der Waals surface area (Å²) >= 11 is 1.07. The fraction of sp³-hybridized carbons (Fsp3) is 0.250. The van der Waals surface area contributed by atoms with Crippen molar-refractivity contribution in [3.8, 4) is 0 Å². The molecular weight excluding hydrogens is 292 g/mol. The van der Waals surface area contributed by atoms with Crippen molar-refractivity contribution in [1.82, 2.24) is 19.7 Å². The van der Waals surface area contributed by atoms with Gasteiger partial charge in [0.25, 0.3) is 0 Å². The lowest BCUT2D eigenvalue weighted by molar-refractivity contribution is 0.596. The maximum atomic E-state index is 11.4. The molecule has 0 radical (unpaired) electrons. The third kappa shape index (κ3) is 3.02. The van der Waals surface area contributed by atoms with Crippen LogP contribution in [0.4, 0.5) is 0 Å². The molecule has 0 aromatic carbocycles. The second-order valence-corrected chi connectivity index (χ2v) is 5.43. The lowest BCUT2D eigenvalue weighted by atomic mass is 10.1. The molecule has 110 valence electrons. The molecule has 0 saturated heterocycles. The minimum atomic E-state index is -0.871. The number of aromatic amines is 1. The first kappa shape index (κ1) is 15.0. The van der Waals surface area contributed by atoms with Gasteiger partial charge in [0.2, 0.25) is 0 Å². The Labute approximate surface area is 123 Å². The van der Waals surface area contributed by atoms with E-state index in [0.717, 1.165) is 23.0 Å². The highest BCUT2D eigenvalue weighted by molar-refractivity contribution is 7.99. The van der Waals surface area contributed by atoms with Crippen LogP contribution in [0.2, 0.25) is 0 Å². The molecule has 0 aliphatic heterocycles. The van der Waals surface area contributed by atoms with Crippen molar-refractivity contribution in [2.24, 2.45) is 12.8 Å². The predicted molar refractivity (Wildman–Crippen MR) is 78.9 cm³/mol. The van der Waals surface area contributed by atoms with E-state index in [1.54, 1.807) is 7.05 Å². The number of hydrogen-bond donors (Lipinski definition) is 3. The molecule has 8 nitrogen and oxygen atoms in total. The van der Waals surface area contributed by atoms with Crippen LogP contribution < -0.4 is 16.9 Å². The van der Waals surface area contributed by atoms with E-state index in [4.69, 9.17) is 11.1 Å². The van der Waals surface area contributed by atoms with Gasteiger partial charge in [0.15, 0.2) is 5.16 Å². The highest BCUT2D eigenvalue weighted by atomic mass is 32.2. The second kappa shape index (κ2) is 5.52. The van der Waals surface area contributed by atoms with Gasteiger partial charge in [-0.3, -0.25) is 24.8 Å². The Morgan fingerprint density at radius 1 is 1.38 bits per heavy atom. The van der Waals surface area contributed by atoms with E-state index in [1.807, 2.05) is 19.9 Å². The number of aromatic nitrogens is 4. The molecule has 0 amide bonds. The normalized spacial score (nSPS) is 10.6. The molecular formula is C12H14N6O2S. The molecule has 0 fully saturated rings. The van der Waals surface area contributed by atoms with Crippen LogP contribution in [0.3, 0.4) is 0 Å². The first-order valence-corrected chi connectivity index (χ1v) is 6.79. The molecule has 0 spiro atoms. The van der Waals surface area contributed by atoms with Gasteiger partial charge in [-0.15, -0.1) is 0 Å². The number of rotatable bonds is 3. The number of pyridine rings is 1. The molecule has 0 saturated carbocycles. The SMILES string of the molecule is Cc1cc(C)c(C(=N)N)c(Sc2nc(=O)c(=O)[nH]n2C)n1. The van der Waals surface area contributed by atoms with E-state index in [9.17, 15) is 9.59 Å². The Bertz CT molecular complexity index is 839. The topological polar surface area (TPSA) is 131 Å². The molecule has 2 heterocycles. The number of nitrogens with one attached hydrogen (secondary N) is 2. The van der Waals surface area contributed by atoms with E-state index in [1.165, 1.54) is 4.68 Å². The Hall–Kier alpha value is -2.42. The highest BCUT2D eigenvalue weighted by Gasteiger charge is 2.15. The van der Waals surface area contributed by atoms with Gasteiger partial charge >= 0.3 is 11.1 Å². The average molecular weight is 306 g/mol. The monoisotopic (exact) mass is 306 g/mol. The number of nitrogens with zero attached hydrogens (tertiary/aromatic N) is 3. The fourth-order valence-electron chi connectivity index (χ4n) is 1.84. The van der Waals surface area contributed by atoms with Crippen molar-refractivity contribution in [2.75, 3.05) is 0 Å². The van der Waals surface area contributed by atoms with Crippen LogP contribution in [-0.4, -0.2) is 25.6 Å². The summed E-state index contributed by atoms with van der Waals surface area (Å²) in [6, 6.07) is 1.82. The quantitative estimate of drug-likeness (QED) is 0.413. The van der Waals surface area contributed by atoms with E-state index < -0.39 is 11.1 Å². The van der Waals surface area contributed by atoms with Crippen LogP contribution in [0, 0.1) is 19.3 Å². The number of nitrogens with two attached hydrogens (primary N) is 1. The van der Waals surface area contributed by atoms with E-state index >= 15 is 0 Å². The third-order valence-electron chi connectivity index (χ3n) is 2.72.